The first-order valence-corrected chi connectivity index (χ1v) is 6.41. The molecule has 2 aromatic rings. The maximum atomic E-state index is 6.04. The summed E-state index contributed by atoms with van der Waals surface area (Å²) in [7, 11) is 1.68. The first-order chi connectivity index (χ1) is 8.61. The van der Waals surface area contributed by atoms with E-state index in [9.17, 15) is 0 Å². The van der Waals surface area contributed by atoms with Crippen LogP contribution in [0.5, 0.6) is 5.75 Å². The van der Waals surface area contributed by atoms with Gasteiger partial charge in [-0.1, -0.05) is 13.3 Å². The van der Waals surface area contributed by atoms with Gasteiger partial charge in [-0.05, 0) is 30.4 Å². The standard InChI is InChI=1S/C14H19N3O/c1-14(6-3-7-14)9-17-12-8-10(18-2)4-5-11(12)16-13(17)15/h4-5,8H,3,6-7,9H2,1-2H3,(H2,15,16). The molecule has 1 aromatic carbocycles. The summed E-state index contributed by atoms with van der Waals surface area (Å²) < 4.78 is 7.40. The number of hydrogen-bond acceptors (Lipinski definition) is 3. The van der Waals surface area contributed by atoms with Crippen molar-refractivity contribution in [1.29, 1.82) is 0 Å². The lowest BCUT2D eigenvalue weighted by Gasteiger charge is -2.38. The van der Waals surface area contributed by atoms with Crippen molar-refractivity contribution in [1.82, 2.24) is 9.55 Å². The third-order valence-corrected chi connectivity index (χ3v) is 4.09. The van der Waals surface area contributed by atoms with E-state index in [2.05, 4.69) is 16.5 Å². The molecule has 0 spiro atoms. The van der Waals surface area contributed by atoms with Crippen LogP contribution >= 0.6 is 0 Å². The second kappa shape index (κ2) is 3.90. The van der Waals surface area contributed by atoms with Crippen molar-refractivity contribution in [2.45, 2.75) is 32.7 Å². The van der Waals surface area contributed by atoms with E-state index >= 15 is 0 Å². The van der Waals surface area contributed by atoms with Gasteiger partial charge in [-0.15, -0.1) is 0 Å². The van der Waals surface area contributed by atoms with Crippen LogP contribution in [-0.4, -0.2) is 16.7 Å². The number of nitrogens with zero attached hydrogens (tertiary/aromatic N) is 2. The lowest BCUT2D eigenvalue weighted by Crippen LogP contribution is -2.31. The molecule has 1 fully saturated rings. The van der Waals surface area contributed by atoms with Crippen LogP contribution in [0.1, 0.15) is 26.2 Å². The minimum absolute atomic E-state index is 0.380. The molecule has 1 aliphatic carbocycles. The number of aromatic nitrogens is 2. The fourth-order valence-electron chi connectivity index (χ4n) is 2.73. The molecule has 0 unspecified atom stereocenters. The Bertz CT molecular complexity index is 584. The van der Waals surface area contributed by atoms with E-state index in [1.165, 1.54) is 19.3 Å². The van der Waals surface area contributed by atoms with E-state index < -0.39 is 0 Å². The Balaban J connectivity index is 2.05. The second-order valence-corrected chi connectivity index (χ2v) is 5.58. The normalized spacial score (nSPS) is 17.7. The van der Waals surface area contributed by atoms with Crippen molar-refractivity contribution in [2.75, 3.05) is 12.8 Å². The first-order valence-electron chi connectivity index (χ1n) is 6.41. The number of benzene rings is 1. The number of rotatable bonds is 3. The van der Waals surface area contributed by atoms with Gasteiger partial charge in [0.1, 0.15) is 5.75 Å². The molecule has 4 nitrogen and oxygen atoms in total. The van der Waals surface area contributed by atoms with E-state index in [0.717, 1.165) is 23.3 Å². The van der Waals surface area contributed by atoms with Crippen LogP contribution in [0.2, 0.25) is 0 Å². The average Bonchev–Trinajstić information content (AvgIpc) is 2.63. The van der Waals surface area contributed by atoms with Gasteiger partial charge in [-0.3, -0.25) is 0 Å². The fraction of sp³-hybridized carbons (Fsp3) is 0.500. The van der Waals surface area contributed by atoms with Gasteiger partial charge in [0, 0.05) is 12.6 Å². The first kappa shape index (κ1) is 11.4. The van der Waals surface area contributed by atoms with Crippen LogP contribution in [0.4, 0.5) is 5.95 Å². The molecular weight excluding hydrogens is 226 g/mol. The Morgan fingerprint density at radius 3 is 2.83 bits per heavy atom. The fourth-order valence-corrected chi connectivity index (χ4v) is 2.73. The van der Waals surface area contributed by atoms with Crippen molar-refractivity contribution in [3.8, 4) is 5.75 Å². The van der Waals surface area contributed by atoms with Crippen LogP contribution < -0.4 is 10.5 Å². The maximum Gasteiger partial charge on any atom is 0.201 e. The molecule has 0 amide bonds. The molecule has 1 heterocycles. The molecule has 0 saturated heterocycles. The smallest absolute Gasteiger partial charge is 0.201 e. The van der Waals surface area contributed by atoms with Crippen molar-refractivity contribution < 1.29 is 4.74 Å². The highest BCUT2D eigenvalue weighted by atomic mass is 16.5. The van der Waals surface area contributed by atoms with E-state index in [-0.39, 0.29) is 0 Å². The predicted octanol–water partition coefficient (Wildman–Crippen LogP) is 2.82. The Morgan fingerprint density at radius 1 is 1.44 bits per heavy atom. The van der Waals surface area contributed by atoms with Crippen LogP contribution in [0, 0.1) is 5.41 Å². The number of nitrogen functional groups attached to an aromatic ring is 1. The maximum absolute atomic E-state index is 6.04. The van der Waals surface area contributed by atoms with Gasteiger partial charge in [-0.2, -0.15) is 0 Å². The molecule has 1 aromatic heterocycles. The SMILES string of the molecule is COc1ccc2nc(N)n(CC3(C)CCC3)c2c1. The Labute approximate surface area is 107 Å². The highest BCUT2D eigenvalue weighted by Gasteiger charge is 2.33. The number of anilines is 1. The summed E-state index contributed by atoms with van der Waals surface area (Å²) in [6, 6.07) is 5.90. The molecule has 3 rings (SSSR count). The van der Waals surface area contributed by atoms with Gasteiger partial charge in [-0.25, -0.2) is 4.98 Å². The molecule has 0 radical (unpaired) electrons. The van der Waals surface area contributed by atoms with Crippen molar-refractivity contribution >= 4 is 17.0 Å². The third-order valence-electron chi connectivity index (χ3n) is 4.09. The van der Waals surface area contributed by atoms with Crippen LogP contribution in [-0.2, 0) is 6.54 Å². The lowest BCUT2D eigenvalue weighted by atomic mass is 9.70. The summed E-state index contributed by atoms with van der Waals surface area (Å²) >= 11 is 0. The Kier molecular flexibility index (Phi) is 2.47. The van der Waals surface area contributed by atoms with Crippen LogP contribution in [0.15, 0.2) is 18.2 Å². The predicted molar refractivity (Wildman–Crippen MR) is 72.7 cm³/mol. The highest BCUT2D eigenvalue weighted by molar-refractivity contribution is 5.79. The summed E-state index contributed by atoms with van der Waals surface area (Å²) in [4.78, 5) is 4.42. The zero-order valence-corrected chi connectivity index (χ0v) is 10.9. The zero-order valence-electron chi connectivity index (χ0n) is 10.9. The van der Waals surface area contributed by atoms with Gasteiger partial charge in [0.05, 0.1) is 18.1 Å². The number of ether oxygens (including phenoxy) is 1. The molecule has 1 aliphatic rings. The quantitative estimate of drug-likeness (QED) is 0.904. The number of hydrogen-bond donors (Lipinski definition) is 1. The molecule has 0 atom stereocenters. The summed E-state index contributed by atoms with van der Waals surface area (Å²) in [5.41, 5.74) is 8.43. The molecule has 4 heteroatoms. The van der Waals surface area contributed by atoms with Crippen molar-refractivity contribution in [3.05, 3.63) is 18.2 Å². The number of methoxy groups -OCH3 is 1. The largest absolute Gasteiger partial charge is 0.497 e. The van der Waals surface area contributed by atoms with Gasteiger partial charge in [0.25, 0.3) is 0 Å². The molecule has 2 N–H and O–H groups in total. The molecule has 0 aliphatic heterocycles. The number of imidazole rings is 1. The summed E-state index contributed by atoms with van der Waals surface area (Å²) in [6.45, 7) is 3.27. The topological polar surface area (TPSA) is 53.1 Å². The van der Waals surface area contributed by atoms with Crippen LogP contribution in [0.3, 0.4) is 0 Å². The summed E-state index contributed by atoms with van der Waals surface area (Å²) in [5, 5.41) is 0. The highest BCUT2D eigenvalue weighted by Crippen LogP contribution is 2.42. The van der Waals surface area contributed by atoms with E-state index in [1.54, 1.807) is 7.11 Å². The number of nitrogens with two attached hydrogens (primary N) is 1. The Morgan fingerprint density at radius 2 is 2.22 bits per heavy atom. The molecule has 0 bridgehead atoms. The van der Waals surface area contributed by atoms with Gasteiger partial charge >= 0.3 is 0 Å². The van der Waals surface area contributed by atoms with Crippen LogP contribution in [0.25, 0.3) is 11.0 Å². The number of fused-ring (bicyclic) bond motifs is 1. The summed E-state index contributed by atoms with van der Waals surface area (Å²) in [5.74, 6) is 1.45. The van der Waals surface area contributed by atoms with Crippen molar-refractivity contribution in [3.63, 3.8) is 0 Å². The van der Waals surface area contributed by atoms with Gasteiger partial charge < -0.3 is 15.0 Å². The average molecular weight is 245 g/mol. The molecule has 18 heavy (non-hydrogen) atoms. The molecule has 96 valence electrons. The van der Waals surface area contributed by atoms with E-state index in [0.29, 0.717) is 11.4 Å². The molecule has 1 saturated carbocycles. The minimum atomic E-state index is 0.380. The molecular formula is C14H19N3O. The van der Waals surface area contributed by atoms with Gasteiger partial charge in [0.2, 0.25) is 5.95 Å². The second-order valence-electron chi connectivity index (χ2n) is 5.58. The van der Waals surface area contributed by atoms with Crippen molar-refractivity contribution in [2.24, 2.45) is 5.41 Å². The minimum Gasteiger partial charge on any atom is -0.497 e. The van der Waals surface area contributed by atoms with Gasteiger partial charge in [0.15, 0.2) is 0 Å². The summed E-state index contributed by atoms with van der Waals surface area (Å²) in [6.07, 6.45) is 3.87. The van der Waals surface area contributed by atoms with E-state index in [4.69, 9.17) is 10.5 Å². The zero-order chi connectivity index (χ0) is 12.8. The Hall–Kier alpha value is -1.71. The monoisotopic (exact) mass is 245 g/mol. The lowest BCUT2D eigenvalue weighted by molar-refractivity contribution is 0.135. The third kappa shape index (κ3) is 1.72. The van der Waals surface area contributed by atoms with E-state index in [1.807, 2.05) is 18.2 Å².